The van der Waals surface area contributed by atoms with Crippen LogP contribution in [0.15, 0.2) is 73.3 Å². The SMILES string of the molecule is C=CCCC(CC1C=Cc2ccccc21)C1C=Cc2ccccc21. The molecule has 24 heavy (non-hydrogen) atoms. The van der Waals surface area contributed by atoms with Crippen molar-refractivity contribution in [3.05, 3.63) is 95.6 Å². The van der Waals surface area contributed by atoms with Crippen LogP contribution in [0.2, 0.25) is 0 Å². The van der Waals surface area contributed by atoms with E-state index in [1.165, 1.54) is 35.1 Å². The number of rotatable bonds is 6. The van der Waals surface area contributed by atoms with Gasteiger partial charge in [-0.3, -0.25) is 0 Å². The highest BCUT2D eigenvalue weighted by Crippen LogP contribution is 2.44. The summed E-state index contributed by atoms with van der Waals surface area (Å²) >= 11 is 0. The molecule has 4 rings (SSSR count). The molecule has 0 heterocycles. The number of hydrogen-bond acceptors (Lipinski definition) is 0. The number of fused-ring (bicyclic) bond motifs is 2. The first-order valence-corrected chi connectivity index (χ1v) is 9.02. The number of hydrogen-bond donors (Lipinski definition) is 0. The van der Waals surface area contributed by atoms with E-state index in [0.29, 0.717) is 17.8 Å². The molecule has 0 bridgehead atoms. The highest BCUT2D eigenvalue weighted by Gasteiger charge is 2.29. The van der Waals surface area contributed by atoms with Crippen LogP contribution >= 0.6 is 0 Å². The molecule has 120 valence electrons. The lowest BCUT2D eigenvalue weighted by molar-refractivity contribution is 0.402. The zero-order chi connectivity index (χ0) is 16.4. The van der Waals surface area contributed by atoms with Gasteiger partial charge in [0, 0.05) is 11.8 Å². The molecule has 2 aromatic rings. The lowest BCUT2D eigenvalue weighted by atomic mass is 9.78. The van der Waals surface area contributed by atoms with E-state index in [-0.39, 0.29) is 0 Å². The summed E-state index contributed by atoms with van der Waals surface area (Å²) in [6.07, 6.45) is 15.0. The minimum atomic E-state index is 0.544. The highest BCUT2D eigenvalue weighted by molar-refractivity contribution is 5.64. The molecule has 0 heteroatoms. The fourth-order valence-electron chi connectivity index (χ4n) is 4.32. The van der Waals surface area contributed by atoms with Gasteiger partial charge in [0.15, 0.2) is 0 Å². The fraction of sp³-hybridized carbons (Fsp3) is 0.250. The van der Waals surface area contributed by atoms with Crippen molar-refractivity contribution < 1.29 is 0 Å². The van der Waals surface area contributed by atoms with Gasteiger partial charge in [-0.2, -0.15) is 0 Å². The average molecular weight is 312 g/mol. The van der Waals surface area contributed by atoms with E-state index >= 15 is 0 Å². The van der Waals surface area contributed by atoms with E-state index in [9.17, 15) is 0 Å². The van der Waals surface area contributed by atoms with E-state index in [2.05, 4.69) is 85.5 Å². The summed E-state index contributed by atoms with van der Waals surface area (Å²) in [6.45, 7) is 3.94. The standard InChI is InChI=1S/C24H24/c1-2-3-8-20(24-16-15-19-10-5-7-12-23(19)24)17-21-14-13-18-9-4-6-11-22(18)21/h2,4-7,9-16,20-21,24H,1,3,8,17H2. The Morgan fingerprint density at radius 1 is 0.875 bits per heavy atom. The van der Waals surface area contributed by atoms with Crippen LogP contribution in [-0.4, -0.2) is 0 Å². The van der Waals surface area contributed by atoms with Crippen LogP contribution < -0.4 is 0 Å². The lowest BCUT2D eigenvalue weighted by Gasteiger charge is -2.26. The summed E-state index contributed by atoms with van der Waals surface area (Å²) in [5.74, 6) is 1.75. The molecule has 0 saturated carbocycles. The van der Waals surface area contributed by atoms with Gasteiger partial charge in [-0.1, -0.05) is 78.9 Å². The van der Waals surface area contributed by atoms with Gasteiger partial charge in [-0.05, 0) is 47.4 Å². The van der Waals surface area contributed by atoms with E-state index < -0.39 is 0 Å². The third-order valence-electron chi connectivity index (χ3n) is 5.55. The van der Waals surface area contributed by atoms with Crippen molar-refractivity contribution in [2.75, 3.05) is 0 Å². The Morgan fingerprint density at radius 3 is 2.33 bits per heavy atom. The van der Waals surface area contributed by atoms with Gasteiger partial charge in [0.1, 0.15) is 0 Å². The van der Waals surface area contributed by atoms with Crippen molar-refractivity contribution in [3.8, 4) is 0 Å². The van der Waals surface area contributed by atoms with Crippen molar-refractivity contribution >= 4 is 12.2 Å². The first-order valence-electron chi connectivity index (χ1n) is 9.02. The monoisotopic (exact) mass is 312 g/mol. The van der Waals surface area contributed by atoms with E-state index in [4.69, 9.17) is 0 Å². The fourth-order valence-corrected chi connectivity index (χ4v) is 4.32. The molecule has 0 spiro atoms. The molecule has 0 N–H and O–H groups in total. The van der Waals surface area contributed by atoms with Crippen LogP contribution in [0.25, 0.3) is 12.2 Å². The van der Waals surface area contributed by atoms with Crippen LogP contribution in [0, 0.1) is 5.92 Å². The van der Waals surface area contributed by atoms with Crippen LogP contribution in [0.4, 0.5) is 0 Å². The second-order valence-corrected chi connectivity index (χ2v) is 6.97. The zero-order valence-electron chi connectivity index (χ0n) is 14.1. The average Bonchev–Trinajstić information content (AvgIpc) is 3.23. The molecular weight excluding hydrogens is 288 g/mol. The first-order chi connectivity index (χ1) is 11.9. The molecule has 0 amide bonds. The maximum Gasteiger partial charge on any atom is 0.00559 e. The quantitative estimate of drug-likeness (QED) is 0.528. The molecule has 0 nitrogen and oxygen atoms in total. The Morgan fingerprint density at radius 2 is 1.54 bits per heavy atom. The minimum Gasteiger partial charge on any atom is -0.103 e. The summed E-state index contributed by atoms with van der Waals surface area (Å²) < 4.78 is 0. The molecule has 3 atom stereocenters. The summed E-state index contributed by atoms with van der Waals surface area (Å²) in [4.78, 5) is 0. The Labute approximate surface area is 145 Å². The molecule has 0 fully saturated rings. The van der Waals surface area contributed by atoms with Crippen LogP contribution in [-0.2, 0) is 0 Å². The maximum absolute atomic E-state index is 3.94. The molecular formula is C24H24. The number of allylic oxidation sites excluding steroid dienone is 3. The normalized spacial score (nSPS) is 21.5. The Hall–Kier alpha value is -2.34. The van der Waals surface area contributed by atoms with Crippen molar-refractivity contribution in [1.29, 1.82) is 0 Å². The van der Waals surface area contributed by atoms with Crippen LogP contribution in [0.1, 0.15) is 53.4 Å². The topological polar surface area (TPSA) is 0 Å². The van der Waals surface area contributed by atoms with Crippen molar-refractivity contribution in [1.82, 2.24) is 0 Å². The van der Waals surface area contributed by atoms with Crippen molar-refractivity contribution in [2.24, 2.45) is 5.92 Å². The smallest absolute Gasteiger partial charge is 0.00559 e. The zero-order valence-corrected chi connectivity index (χ0v) is 14.1. The van der Waals surface area contributed by atoms with Gasteiger partial charge in [-0.15, -0.1) is 6.58 Å². The number of benzene rings is 2. The van der Waals surface area contributed by atoms with Crippen LogP contribution in [0.3, 0.4) is 0 Å². The van der Waals surface area contributed by atoms with Gasteiger partial charge >= 0.3 is 0 Å². The molecule has 2 aromatic carbocycles. The van der Waals surface area contributed by atoms with E-state index in [1.807, 2.05) is 0 Å². The molecule has 2 aliphatic carbocycles. The van der Waals surface area contributed by atoms with Gasteiger partial charge in [-0.25, -0.2) is 0 Å². The molecule has 0 aromatic heterocycles. The molecule has 0 radical (unpaired) electrons. The Balaban J connectivity index is 1.59. The predicted octanol–water partition coefficient (Wildman–Crippen LogP) is 6.58. The lowest BCUT2D eigenvalue weighted by Crippen LogP contribution is -2.13. The van der Waals surface area contributed by atoms with Gasteiger partial charge in [0.05, 0.1) is 0 Å². The minimum absolute atomic E-state index is 0.544. The van der Waals surface area contributed by atoms with E-state index in [0.717, 1.165) is 6.42 Å². The van der Waals surface area contributed by atoms with Crippen LogP contribution in [0.5, 0.6) is 0 Å². The third-order valence-corrected chi connectivity index (χ3v) is 5.55. The summed E-state index contributed by atoms with van der Waals surface area (Å²) in [5, 5.41) is 0. The summed E-state index contributed by atoms with van der Waals surface area (Å²) in [7, 11) is 0. The summed E-state index contributed by atoms with van der Waals surface area (Å²) in [5.41, 5.74) is 5.79. The largest absolute Gasteiger partial charge is 0.103 e. The predicted molar refractivity (Wildman–Crippen MR) is 104 cm³/mol. The second-order valence-electron chi connectivity index (χ2n) is 6.97. The van der Waals surface area contributed by atoms with Gasteiger partial charge in [0.25, 0.3) is 0 Å². The summed E-state index contributed by atoms with van der Waals surface area (Å²) in [6, 6.07) is 17.7. The maximum atomic E-state index is 3.94. The molecule has 2 aliphatic rings. The first kappa shape index (κ1) is 15.2. The van der Waals surface area contributed by atoms with Crippen molar-refractivity contribution in [2.45, 2.75) is 31.1 Å². The molecule has 3 unspecified atom stereocenters. The van der Waals surface area contributed by atoms with Gasteiger partial charge < -0.3 is 0 Å². The third kappa shape index (κ3) is 2.78. The Kier molecular flexibility index (Phi) is 4.21. The van der Waals surface area contributed by atoms with Gasteiger partial charge in [0.2, 0.25) is 0 Å². The molecule has 0 aliphatic heterocycles. The van der Waals surface area contributed by atoms with Crippen molar-refractivity contribution in [3.63, 3.8) is 0 Å². The molecule has 0 saturated heterocycles. The Bertz CT molecular complexity index is 793. The second kappa shape index (κ2) is 6.65. The van der Waals surface area contributed by atoms with E-state index in [1.54, 1.807) is 0 Å². The highest BCUT2D eigenvalue weighted by atomic mass is 14.3.